The number of rotatable bonds is 5. The Morgan fingerprint density at radius 3 is 2.00 bits per heavy atom. The van der Waals surface area contributed by atoms with Crippen molar-refractivity contribution in [1.82, 2.24) is 4.90 Å². The molecule has 1 nitrogen and oxygen atoms in total. The van der Waals surface area contributed by atoms with Crippen LogP contribution in [0.4, 0.5) is 0 Å². The van der Waals surface area contributed by atoms with Crippen molar-refractivity contribution in [2.24, 2.45) is 0 Å². The summed E-state index contributed by atoms with van der Waals surface area (Å²) in [6.45, 7) is 12.5. The van der Waals surface area contributed by atoms with E-state index >= 15 is 0 Å². The molecule has 104 valence electrons. The fourth-order valence-corrected chi connectivity index (χ4v) is 2.33. The summed E-state index contributed by atoms with van der Waals surface area (Å²) in [6, 6.07) is 0. The summed E-state index contributed by atoms with van der Waals surface area (Å²) >= 11 is 2.29. The summed E-state index contributed by atoms with van der Waals surface area (Å²) in [4.78, 5) is 2.48. The van der Waals surface area contributed by atoms with Gasteiger partial charge in [-0.1, -0.05) is 0 Å². The molecule has 1 unspecified atom stereocenters. The monoisotopic (exact) mass is 345 g/mol. The molecule has 0 aromatic carbocycles. The normalized spacial score (nSPS) is 21.5. The van der Waals surface area contributed by atoms with Gasteiger partial charge in [-0.3, -0.25) is 0 Å². The zero-order valence-electron chi connectivity index (χ0n) is 11.6. The molecule has 0 spiro atoms. The van der Waals surface area contributed by atoms with E-state index in [0.29, 0.717) is 3.72 Å². The summed E-state index contributed by atoms with van der Waals surface area (Å²) in [7, 11) is 0. The zero-order valence-corrected chi connectivity index (χ0v) is 15.4. The van der Waals surface area contributed by atoms with Crippen LogP contribution in [0.2, 0.25) is 3.72 Å². The molecule has 0 aliphatic heterocycles. The molecule has 1 aliphatic rings. The second-order valence-electron chi connectivity index (χ2n) is 4.53. The zero-order chi connectivity index (χ0) is 11.5. The maximum atomic E-state index is 2.48. The molecule has 0 aromatic heterocycles. The van der Waals surface area contributed by atoms with Gasteiger partial charge in [0.2, 0.25) is 0 Å². The standard InChI is InChI=1S/C13H22N.3ClH.Ti/c1-5-14(6-2)8-7-13-9-11(3)12(4)10-13;;;;/h9-10H,5-8H2,1-4H3;3*1H;/q;;;;+3/p-3. The number of halogens is 3. The first kappa shape index (κ1) is 24.1. The van der Waals surface area contributed by atoms with Crippen molar-refractivity contribution in [3.63, 3.8) is 0 Å². The second-order valence-corrected chi connectivity index (χ2v) is 6.15. The Hall–Kier alpha value is 1.02. The van der Waals surface area contributed by atoms with Crippen molar-refractivity contribution in [3.05, 3.63) is 23.3 Å². The molecule has 1 rings (SSSR count). The first-order valence-electron chi connectivity index (χ1n) is 5.87. The number of nitrogens with zero attached hydrogens (tertiary/aromatic N) is 1. The molecule has 0 aromatic rings. The van der Waals surface area contributed by atoms with E-state index in [1.54, 1.807) is 0 Å². The van der Waals surface area contributed by atoms with Crippen LogP contribution in [0.1, 0.15) is 34.1 Å². The van der Waals surface area contributed by atoms with E-state index in [4.69, 9.17) is 0 Å². The molecule has 1 aliphatic carbocycles. The van der Waals surface area contributed by atoms with Crippen LogP contribution in [0, 0.1) is 0 Å². The molecule has 18 heavy (non-hydrogen) atoms. The van der Waals surface area contributed by atoms with Gasteiger partial charge in [0.25, 0.3) is 0 Å². The molecular weight excluding hydrogens is 324 g/mol. The van der Waals surface area contributed by atoms with Gasteiger partial charge in [0, 0.05) is 0 Å². The number of hydrogen-bond donors (Lipinski definition) is 0. The minimum absolute atomic E-state index is 0. The Morgan fingerprint density at radius 2 is 1.67 bits per heavy atom. The average Bonchev–Trinajstić information content (AvgIpc) is 2.42. The Bertz CT molecular complexity index is 284. The third kappa shape index (κ3) is 6.98. The molecule has 5 heteroatoms. The van der Waals surface area contributed by atoms with Crippen molar-refractivity contribution in [2.45, 2.75) is 37.8 Å². The molecule has 0 fully saturated rings. The molecule has 1 atom stereocenters. The van der Waals surface area contributed by atoms with Gasteiger partial charge in [-0.15, -0.1) is 0 Å². The summed E-state index contributed by atoms with van der Waals surface area (Å²) in [5.74, 6) is 0. The predicted molar refractivity (Wildman–Crippen MR) is 62.6 cm³/mol. The first-order valence-corrected chi connectivity index (χ1v) is 6.65. The van der Waals surface area contributed by atoms with E-state index in [1.165, 1.54) is 24.1 Å². The molecular formula is C13H22Cl3NTi. The maximum absolute atomic E-state index is 2.48. The van der Waals surface area contributed by atoms with Crippen molar-refractivity contribution < 1.29 is 57.7 Å². The molecule has 0 heterocycles. The van der Waals surface area contributed by atoms with Gasteiger partial charge in [0.1, 0.15) is 0 Å². The van der Waals surface area contributed by atoms with E-state index in [1.807, 2.05) is 0 Å². The van der Waals surface area contributed by atoms with Crippen LogP contribution in [-0.2, 0) is 20.4 Å². The quantitative estimate of drug-likeness (QED) is 0.449. The van der Waals surface area contributed by atoms with Gasteiger partial charge < -0.3 is 37.2 Å². The number of allylic oxidation sites excluding steroid dienone is 3. The average molecular weight is 347 g/mol. The minimum atomic E-state index is 0. The topological polar surface area (TPSA) is 3.24 Å². The third-order valence-corrected chi connectivity index (χ3v) is 4.15. The van der Waals surface area contributed by atoms with Crippen LogP contribution < -0.4 is 37.2 Å². The van der Waals surface area contributed by atoms with Gasteiger partial charge in [0.05, 0.1) is 0 Å². The third-order valence-electron chi connectivity index (χ3n) is 3.31. The Morgan fingerprint density at radius 1 is 1.17 bits per heavy atom. The summed E-state index contributed by atoms with van der Waals surface area (Å²) in [5.41, 5.74) is 3.02. The fraction of sp³-hybridized carbons (Fsp3) is 0.692. The van der Waals surface area contributed by atoms with E-state index in [2.05, 4.69) is 65.2 Å². The van der Waals surface area contributed by atoms with E-state index in [9.17, 15) is 0 Å². The Balaban J connectivity index is -0.000000750. The van der Waals surface area contributed by atoms with E-state index < -0.39 is 0 Å². The molecule has 0 saturated carbocycles. The molecule has 0 N–H and O–H groups in total. The smallest absolute Gasteiger partial charge is 1.00 e. The fourth-order valence-electron chi connectivity index (χ4n) is 1.93. The minimum Gasteiger partial charge on any atom is -1.00 e. The van der Waals surface area contributed by atoms with Crippen LogP contribution in [0.5, 0.6) is 0 Å². The van der Waals surface area contributed by atoms with Crippen molar-refractivity contribution in [2.75, 3.05) is 19.6 Å². The van der Waals surface area contributed by atoms with Gasteiger partial charge >= 0.3 is 106 Å². The van der Waals surface area contributed by atoms with E-state index in [0.717, 1.165) is 13.1 Å². The van der Waals surface area contributed by atoms with Crippen LogP contribution in [0.15, 0.2) is 23.3 Å². The van der Waals surface area contributed by atoms with Crippen LogP contribution in [0.25, 0.3) is 0 Å². The number of hydrogen-bond acceptors (Lipinski definition) is 1. The second kappa shape index (κ2) is 10.8. The van der Waals surface area contributed by atoms with E-state index in [-0.39, 0.29) is 37.2 Å². The van der Waals surface area contributed by atoms with Crippen molar-refractivity contribution in [3.8, 4) is 0 Å². The molecule has 0 saturated heterocycles. The predicted octanol–water partition coefficient (Wildman–Crippen LogP) is -5.66. The first-order chi connectivity index (χ1) is 6.99. The van der Waals surface area contributed by atoms with Gasteiger partial charge in [-0.2, -0.15) is 0 Å². The molecule has 0 radical (unpaired) electrons. The van der Waals surface area contributed by atoms with Crippen molar-refractivity contribution >= 4 is 0 Å². The molecule has 0 amide bonds. The van der Waals surface area contributed by atoms with Crippen LogP contribution in [-0.4, -0.2) is 24.5 Å². The summed E-state index contributed by atoms with van der Waals surface area (Å²) in [6.07, 6.45) is 5.98. The maximum Gasteiger partial charge on any atom is -1.00 e. The SMILES string of the molecule is CCN(CC)CCC1=C[C](C)([Ti+3])C(C)=C1.[Cl-].[Cl-].[Cl-]. The van der Waals surface area contributed by atoms with Gasteiger partial charge in [-0.25, -0.2) is 0 Å². The Labute approximate surface area is 142 Å². The summed E-state index contributed by atoms with van der Waals surface area (Å²) < 4.78 is 0.290. The van der Waals surface area contributed by atoms with Crippen molar-refractivity contribution in [1.29, 1.82) is 0 Å². The molecule has 0 bridgehead atoms. The van der Waals surface area contributed by atoms with Gasteiger partial charge in [-0.05, 0) is 0 Å². The Kier molecular flexibility index (Phi) is 14.4. The van der Waals surface area contributed by atoms with Gasteiger partial charge in [0.15, 0.2) is 0 Å². The summed E-state index contributed by atoms with van der Waals surface area (Å²) in [5, 5.41) is 0. The van der Waals surface area contributed by atoms with Crippen LogP contribution in [0.3, 0.4) is 0 Å². The van der Waals surface area contributed by atoms with Crippen LogP contribution >= 0.6 is 0 Å². The largest absolute Gasteiger partial charge is 1.00 e.